The van der Waals surface area contributed by atoms with Crippen LogP contribution in [0.3, 0.4) is 0 Å². The number of nitrogens with zero attached hydrogens (tertiary/aromatic N) is 3. The number of carbonyl (C=O) groups is 1. The number of halogens is 4. The molecule has 1 saturated heterocycles. The van der Waals surface area contributed by atoms with Gasteiger partial charge in [-0.1, -0.05) is 6.07 Å². The van der Waals surface area contributed by atoms with Crippen LogP contribution in [0.1, 0.15) is 16.1 Å². The first kappa shape index (κ1) is 20.8. The highest BCUT2D eigenvalue weighted by atomic mass is 32.1. The van der Waals surface area contributed by atoms with Gasteiger partial charge in [-0.15, -0.1) is 11.3 Å². The van der Waals surface area contributed by atoms with Crippen LogP contribution in [0.2, 0.25) is 0 Å². The van der Waals surface area contributed by atoms with Crippen molar-refractivity contribution < 1.29 is 22.4 Å². The van der Waals surface area contributed by atoms with E-state index in [0.717, 1.165) is 22.4 Å². The summed E-state index contributed by atoms with van der Waals surface area (Å²) in [5.41, 5.74) is 1.23. The molecule has 2 aromatic heterocycles. The van der Waals surface area contributed by atoms with Crippen LogP contribution in [0.5, 0.6) is 0 Å². The number of aldehydes is 1. The number of carbonyl (C=O) groups excluding carboxylic acids is 1. The molecule has 1 fully saturated rings. The van der Waals surface area contributed by atoms with Crippen molar-refractivity contribution in [3.63, 3.8) is 0 Å². The Morgan fingerprint density at radius 1 is 1.37 bits per heavy atom. The molecular weight excluding hydrogens is 420 g/mol. The molecule has 1 N–H and O–H groups in total. The molecular formula is C20H20F4N4OS. The zero-order chi connectivity index (χ0) is 21.5. The number of anilines is 1. The molecule has 3 heterocycles. The lowest BCUT2D eigenvalue weighted by atomic mass is 10.0. The fourth-order valence-electron chi connectivity index (χ4n) is 3.82. The Balaban J connectivity index is 1.78. The predicted octanol–water partition coefficient (Wildman–Crippen LogP) is 4.59. The number of hydrogen-bond acceptors (Lipinski definition) is 5. The number of fused-ring (bicyclic) bond motifs is 1. The molecule has 160 valence electrons. The number of thiazole rings is 1. The quantitative estimate of drug-likeness (QED) is 0.466. The lowest BCUT2D eigenvalue weighted by Crippen LogP contribution is -2.46. The van der Waals surface area contributed by atoms with Crippen LogP contribution in [-0.2, 0) is 6.54 Å². The molecule has 0 amide bonds. The number of benzene rings is 1. The Morgan fingerprint density at radius 3 is 2.83 bits per heavy atom. The van der Waals surface area contributed by atoms with Gasteiger partial charge < -0.3 is 14.8 Å². The first-order valence-corrected chi connectivity index (χ1v) is 10.3. The average Bonchev–Trinajstić information content (AvgIpc) is 3.28. The van der Waals surface area contributed by atoms with Crippen LogP contribution in [0.15, 0.2) is 30.5 Å². The Morgan fingerprint density at radius 2 is 2.17 bits per heavy atom. The SMILES string of the molecule is CN1CC[C@@H](Nc2cccc3c2cc(-c2ncc(C=O)s2)n3CC(F)(F)F)[C@@H](F)C1. The zero-order valence-corrected chi connectivity index (χ0v) is 16.9. The minimum Gasteiger partial charge on any atom is -0.379 e. The largest absolute Gasteiger partial charge is 0.406 e. The Labute approximate surface area is 174 Å². The van der Waals surface area contributed by atoms with Gasteiger partial charge in [0, 0.05) is 30.4 Å². The van der Waals surface area contributed by atoms with Crippen LogP contribution >= 0.6 is 11.3 Å². The number of alkyl halides is 4. The first-order chi connectivity index (χ1) is 14.2. The second kappa shape index (κ2) is 7.99. The summed E-state index contributed by atoms with van der Waals surface area (Å²) in [6.07, 6.45) is -2.96. The highest BCUT2D eigenvalue weighted by Gasteiger charge is 2.32. The van der Waals surface area contributed by atoms with E-state index in [1.165, 1.54) is 6.20 Å². The first-order valence-electron chi connectivity index (χ1n) is 9.44. The number of nitrogens with one attached hydrogen (secondary N) is 1. The molecule has 0 unspecified atom stereocenters. The molecule has 30 heavy (non-hydrogen) atoms. The monoisotopic (exact) mass is 440 g/mol. The van der Waals surface area contributed by atoms with Gasteiger partial charge in [0.1, 0.15) is 17.7 Å². The standard InChI is InChI=1S/C20H20F4N4OS/c1-27-6-5-16(14(21)9-27)26-15-3-2-4-17-13(15)7-18(28(17)11-20(22,23)24)19-25-8-12(10-29)30-19/h2-4,7-8,10,14,16,26H,5-6,9,11H2,1H3/t14-,16+/m0/s1. The fraction of sp³-hybridized carbons (Fsp3) is 0.400. The van der Waals surface area contributed by atoms with Gasteiger partial charge in [0.15, 0.2) is 6.29 Å². The molecule has 0 spiro atoms. The van der Waals surface area contributed by atoms with Gasteiger partial charge in [0.25, 0.3) is 0 Å². The summed E-state index contributed by atoms with van der Waals surface area (Å²) in [6, 6.07) is 6.21. The normalized spacial score (nSPS) is 20.6. The van der Waals surface area contributed by atoms with E-state index >= 15 is 0 Å². The highest BCUT2D eigenvalue weighted by molar-refractivity contribution is 7.16. The molecule has 4 rings (SSSR count). The van der Waals surface area contributed by atoms with E-state index in [0.29, 0.717) is 45.7 Å². The number of likely N-dealkylation sites (tertiary alicyclic amines) is 1. The van der Waals surface area contributed by atoms with E-state index in [9.17, 15) is 22.4 Å². The van der Waals surface area contributed by atoms with Crippen LogP contribution in [0.25, 0.3) is 21.6 Å². The molecule has 0 aliphatic carbocycles. The fourth-order valence-corrected chi connectivity index (χ4v) is 4.57. The number of piperidine rings is 1. The van der Waals surface area contributed by atoms with E-state index in [-0.39, 0.29) is 5.69 Å². The van der Waals surface area contributed by atoms with Gasteiger partial charge in [-0.25, -0.2) is 9.37 Å². The van der Waals surface area contributed by atoms with Crippen molar-refractivity contribution in [2.24, 2.45) is 0 Å². The van der Waals surface area contributed by atoms with Crippen LogP contribution < -0.4 is 5.32 Å². The molecule has 1 aromatic carbocycles. The maximum Gasteiger partial charge on any atom is 0.406 e. The summed E-state index contributed by atoms with van der Waals surface area (Å²) in [4.78, 5) is 17.4. The third-order valence-electron chi connectivity index (χ3n) is 5.23. The maximum absolute atomic E-state index is 14.5. The number of aromatic nitrogens is 2. The number of rotatable bonds is 5. The molecule has 5 nitrogen and oxygen atoms in total. The second-order valence-corrected chi connectivity index (χ2v) is 8.53. The summed E-state index contributed by atoms with van der Waals surface area (Å²) in [5, 5.41) is 4.08. The molecule has 1 aliphatic rings. The van der Waals surface area contributed by atoms with Crippen molar-refractivity contribution in [3.8, 4) is 10.7 Å². The smallest absolute Gasteiger partial charge is 0.379 e. The zero-order valence-electron chi connectivity index (χ0n) is 16.1. The summed E-state index contributed by atoms with van der Waals surface area (Å²) in [7, 11) is 1.86. The van der Waals surface area contributed by atoms with Crippen LogP contribution in [0, 0.1) is 0 Å². The van der Waals surface area contributed by atoms with E-state index in [2.05, 4.69) is 10.3 Å². The Bertz CT molecular complexity index is 1060. The van der Waals surface area contributed by atoms with Gasteiger partial charge in [0.2, 0.25) is 0 Å². The van der Waals surface area contributed by atoms with Crippen molar-refractivity contribution in [3.05, 3.63) is 35.3 Å². The lowest BCUT2D eigenvalue weighted by molar-refractivity contribution is -0.139. The minimum absolute atomic E-state index is 0.273. The molecule has 0 bridgehead atoms. The van der Waals surface area contributed by atoms with Crippen LogP contribution in [-0.4, -0.2) is 59.3 Å². The van der Waals surface area contributed by atoms with E-state index in [4.69, 9.17) is 0 Å². The predicted molar refractivity (Wildman–Crippen MR) is 109 cm³/mol. The Hall–Kier alpha value is -2.46. The summed E-state index contributed by atoms with van der Waals surface area (Å²) in [5.74, 6) is 0. The summed E-state index contributed by atoms with van der Waals surface area (Å²) < 4.78 is 55.6. The molecule has 10 heteroatoms. The van der Waals surface area contributed by atoms with E-state index in [1.807, 2.05) is 11.9 Å². The molecule has 0 radical (unpaired) electrons. The minimum atomic E-state index is -4.44. The maximum atomic E-state index is 14.5. The van der Waals surface area contributed by atoms with Crippen molar-refractivity contribution in [2.75, 3.05) is 25.5 Å². The van der Waals surface area contributed by atoms with Gasteiger partial charge in [-0.05, 0) is 31.7 Å². The molecule has 2 atom stereocenters. The lowest BCUT2D eigenvalue weighted by Gasteiger charge is -2.33. The van der Waals surface area contributed by atoms with E-state index < -0.39 is 24.9 Å². The summed E-state index contributed by atoms with van der Waals surface area (Å²) >= 11 is 1.03. The van der Waals surface area contributed by atoms with Crippen molar-refractivity contribution in [1.29, 1.82) is 0 Å². The van der Waals surface area contributed by atoms with E-state index in [1.54, 1.807) is 24.3 Å². The second-order valence-electron chi connectivity index (χ2n) is 7.47. The highest BCUT2D eigenvalue weighted by Crippen LogP contribution is 2.37. The van der Waals surface area contributed by atoms with Crippen molar-refractivity contribution >= 4 is 34.2 Å². The average molecular weight is 440 g/mol. The van der Waals surface area contributed by atoms with Gasteiger partial charge in [-0.2, -0.15) is 13.2 Å². The molecule has 0 saturated carbocycles. The molecule has 1 aliphatic heterocycles. The third-order valence-corrected chi connectivity index (χ3v) is 6.17. The number of hydrogen-bond donors (Lipinski definition) is 1. The van der Waals surface area contributed by atoms with Gasteiger partial charge >= 0.3 is 6.18 Å². The molecule has 3 aromatic rings. The summed E-state index contributed by atoms with van der Waals surface area (Å²) in [6.45, 7) is -0.144. The topological polar surface area (TPSA) is 50.2 Å². The third kappa shape index (κ3) is 4.20. The van der Waals surface area contributed by atoms with Crippen LogP contribution in [0.4, 0.5) is 23.2 Å². The van der Waals surface area contributed by atoms with Gasteiger partial charge in [0.05, 0.1) is 22.1 Å². The van der Waals surface area contributed by atoms with Crippen molar-refractivity contribution in [1.82, 2.24) is 14.5 Å². The van der Waals surface area contributed by atoms with Crippen molar-refractivity contribution in [2.45, 2.75) is 31.4 Å². The Kier molecular flexibility index (Phi) is 5.54. The van der Waals surface area contributed by atoms with Gasteiger partial charge in [-0.3, -0.25) is 4.79 Å².